The SMILES string of the molecule is C=C/C(=C\C=C/C)c1ncon1.CC. The predicted octanol–water partition coefficient (Wildman–Crippen LogP) is 3.24. The fourth-order valence-corrected chi connectivity index (χ4v) is 0.732. The third kappa shape index (κ3) is 3.85. The van der Waals surface area contributed by atoms with Crippen molar-refractivity contribution < 1.29 is 4.52 Å². The van der Waals surface area contributed by atoms with Gasteiger partial charge in [-0.2, -0.15) is 4.98 Å². The van der Waals surface area contributed by atoms with E-state index >= 15 is 0 Å². The lowest BCUT2D eigenvalue weighted by Gasteiger charge is -1.89. The van der Waals surface area contributed by atoms with Crippen molar-refractivity contribution in [3.05, 3.63) is 43.1 Å². The first kappa shape index (κ1) is 12.4. The Balaban J connectivity index is 0.000000791. The van der Waals surface area contributed by atoms with Gasteiger partial charge in [0.05, 0.1) is 0 Å². The van der Waals surface area contributed by atoms with E-state index in [-0.39, 0.29) is 0 Å². The average Bonchev–Trinajstić information content (AvgIpc) is 2.76. The number of rotatable bonds is 3. The smallest absolute Gasteiger partial charge is 0.214 e. The van der Waals surface area contributed by atoms with Gasteiger partial charge in [0.2, 0.25) is 12.2 Å². The van der Waals surface area contributed by atoms with Crippen molar-refractivity contribution in [2.24, 2.45) is 0 Å². The fraction of sp³-hybridized carbons (Fsp3) is 0.273. The molecule has 1 heterocycles. The Kier molecular flexibility index (Phi) is 7.05. The Morgan fingerprint density at radius 1 is 1.50 bits per heavy atom. The molecule has 0 amide bonds. The summed E-state index contributed by atoms with van der Waals surface area (Å²) in [6.07, 6.45) is 8.67. The highest BCUT2D eigenvalue weighted by Gasteiger charge is 1.99. The largest absolute Gasteiger partial charge is 0.342 e. The van der Waals surface area contributed by atoms with Crippen LogP contribution in [0.2, 0.25) is 0 Å². The zero-order valence-electron chi connectivity index (χ0n) is 8.90. The molecule has 0 spiro atoms. The summed E-state index contributed by atoms with van der Waals surface area (Å²) in [4.78, 5) is 3.89. The van der Waals surface area contributed by atoms with Crippen LogP contribution in [0.25, 0.3) is 5.57 Å². The zero-order chi connectivity index (χ0) is 10.8. The van der Waals surface area contributed by atoms with Crippen molar-refractivity contribution in [3.63, 3.8) is 0 Å². The van der Waals surface area contributed by atoms with E-state index in [1.165, 1.54) is 6.39 Å². The van der Waals surface area contributed by atoms with Crippen LogP contribution in [0.1, 0.15) is 26.6 Å². The molecule has 0 aromatic carbocycles. The highest BCUT2D eigenvalue weighted by Crippen LogP contribution is 2.09. The molecule has 1 aromatic rings. The molecule has 0 aliphatic rings. The van der Waals surface area contributed by atoms with E-state index in [2.05, 4.69) is 21.2 Å². The maximum absolute atomic E-state index is 4.60. The highest BCUT2D eigenvalue weighted by molar-refractivity contribution is 5.69. The van der Waals surface area contributed by atoms with Gasteiger partial charge in [0.25, 0.3) is 0 Å². The summed E-state index contributed by atoms with van der Waals surface area (Å²) >= 11 is 0. The molecular weight excluding hydrogens is 176 g/mol. The molecule has 0 saturated carbocycles. The zero-order valence-corrected chi connectivity index (χ0v) is 8.90. The minimum absolute atomic E-state index is 0.558. The minimum Gasteiger partial charge on any atom is -0.342 e. The van der Waals surface area contributed by atoms with Crippen molar-refractivity contribution in [1.29, 1.82) is 0 Å². The van der Waals surface area contributed by atoms with E-state index < -0.39 is 0 Å². The summed E-state index contributed by atoms with van der Waals surface area (Å²) in [5.41, 5.74) is 0.849. The molecule has 0 fully saturated rings. The minimum atomic E-state index is 0.558. The van der Waals surface area contributed by atoms with Gasteiger partial charge in [-0.3, -0.25) is 0 Å². The lowest BCUT2D eigenvalue weighted by Crippen LogP contribution is -1.81. The molecule has 0 bridgehead atoms. The highest BCUT2D eigenvalue weighted by atomic mass is 16.5. The third-order valence-corrected chi connectivity index (χ3v) is 1.31. The molecule has 0 atom stereocenters. The molecule has 0 unspecified atom stereocenters. The van der Waals surface area contributed by atoms with Crippen molar-refractivity contribution >= 4 is 5.57 Å². The van der Waals surface area contributed by atoms with Crippen LogP contribution in [0.5, 0.6) is 0 Å². The summed E-state index contributed by atoms with van der Waals surface area (Å²) in [5, 5.41) is 3.68. The molecule has 14 heavy (non-hydrogen) atoms. The summed E-state index contributed by atoms with van der Waals surface area (Å²) in [6, 6.07) is 0. The summed E-state index contributed by atoms with van der Waals surface area (Å²) in [7, 11) is 0. The van der Waals surface area contributed by atoms with Gasteiger partial charge in [0.15, 0.2) is 0 Å². The van der Waals surface area contributed by atoms with Gasteiger partial charge in [-0.15, -0.1) is 0 Å². The summed E-state index contributed by atoms with van der Waals surface area (Å²) < 4.78 is 4.60. The second kappa shape index (κ2) is 7.98. The predicted molar refractivity (Wildman–Crippen MR) is 58.6 cm³/mol. The monoisotopic (exact) mass is 192 g/mol. The third-order valence-electron chi connectivity index (χ3n) is 1.31. The molecule has 76 valence electrons. The van der Waals surface area contributed by atoms with Gasteiger partial charge in [-0.1, -0.05) is 49.9 Å². The van der Waals surface area contributed by atoms with Crippen molar-refractivity contribution in [2.75, 3.05) is 0 Å². The van der Waals surface area contributed by atoms with Gasteiger partial charge in [0, 0.05) is 5.57 Å². The second-order valence-electron chi connectivity index (χ2n) is 2.11. The lowest BCUT2D eigenvalue weighted by molar-refractivity contribution is 0.415. The van der Waals surface area contributed by atoms with Crippen LogP contribution in [0.3, 0.4) is 0 Å². The van der Waals surface area contributed by atoms with E-state index in [4.69, 9.17) is 0 Å². The normalized spacial score (nSPS) is 10.9. The van der Waals surface area contributed by atoms with Gasteiger partial charge < -0.3 is 4.52 Å². The Labute approximate surface area is 84.8 Å². The molecule has 0 aliphatic carbocycles. The molecule has 1 rings (SSSR count). The first-order valence-corrected chi connectivity index (χ1v) is 4.60. The van der Waals surface area contributed by atoms with Crippen LogP contribution >= 0.6 is 0 Å². The standard InChI is InChI=1S/C9H10N2O.C2H6/c1-3-5-6-8(4-2)9-10-7-12-11-9;1-2/h3-7H,2H2,1H3;1-2H3/b5-3-,8-6+;. The number of allylic oxidation sites excluding steroid dienone is 5. The van der Waals surface area contributed by atoms with Crippen LogP contribution < -0.4 is 0 Å². The maximum Gasteiger partial charge on any atom is 0.214 e. The Bertz CT molecular complexity index is 297. The number of hydrogen-bond acceptors (Lipinski definition) is 3. The lowest BCUT2D eigenvalue weighted by atomic mass is 10.2. The molecule has 0 radical (unpaired) electrons. The first-order valence-electron chi connectivity index (χ1n) is 4.60. The second-order valence-corrected chi connectivity index (χ2v) is 2.11. The van der Waals surface area contributed by atoms with E-state index in [0.29, 0.717) is 5.82 Å². The van der Waals surface area contributed by atoms with Crippen LogP contribution in [0, 0.1) is 0 Å². The van der Waals surface area contributed by atoms with E-state index in [9.17, 15) is 0 Å². The van der Waals surface area contributed by atoms with E-state index in [0.717, 1.165) is 5.57 Å². The van der Waals surface area contributed by atoms with Crippen LogP contribution in [-0.2, 0) is 0 Å². The molecule has 3 heteroatoms. The fourth-order valence-electron chi connectivity index (χ4n) is 0.732. The average molecular weight is 192 g/mol. The number of aromatic nitrogens is 2. The molecule has 1 aromatic heterocycles. The summed E-state index contributed by atoms with van der Waals surface area (Å²) in [5.74, 6) is 0.558. The molecule has 3 nitrogen and oxygen atoms in total. The quantitative estimate of drug-likeness (QED) is 0.690. The van der Waals surface area contributed by atoms with E-state index in [1.54, 1.807) is 6.08 Å². The van der Waals surface area contributed by atoms with Crippen LogP contribution in [0.4, 0.5) is 0 Å². The van der Waals surface area contributed by atoms with Crippen molar-refractivity contribution in [3.8, 4) is 0 Å². The molecule has 0 N–H and O–H groups in total. The molecule has 0 saturated heterocycles. The van der Waals surface area contributed by atoms with E-state index in [1.807, 2.05) is 39.0 Å². The summed E-state index contributed by atoms with van der Waals surface area (Å²) in [6.45, 7) is 9.58. The van der Waals surface area contributed by atoms with Gasteiger partial charge in [0.1, 0.15) is 0 Å². The van der Waals surface area contributed by atoms with Crippen molar-refractivity contribution in [1.82, 2.24) is 10.1 Å². The molecular formula is C11H16N2O. The Hall–Kier alpha value is -1.64. The topological polar surface area (TPSA) is 38.9 Å². The van der Waals surface area contributed by atoms with Crippen LogP contribution in [-0.4, -0.2) is 10.1 Å². The first-order chi connectivity index (χ1) is 6.88. The maximum atomic E-state index is 4.60. The molecule has 0 aliphatic heterocycles. The number of nitrogens with zero attached hydrogens (tertiary/aromatic N) is 2. The van der Waals surface area contributed by atoms with Gasteiger partial charge >= 0.3 is 0 Å². The Morgan fingerprint density at radius 3 is 2.64 bits per heavy atom. The van der Waals surface area contributed by atoms with Crippen LogP contribution in [0.15, 0.2) is 41.8 Å². The van der Waals surface area contributed by atoms with Crippen molar-refractivity contribution in [2.45, 2.75) is 20.8 Å². The van der Waals surface area contributed by atoms with Gasteiger partial charge in [-0.05, 0) is 6.92 Å². The van der Waals surface area contributed by atoms with Gasteiger partial charge in [-0.25, -0.2) is 0 Å². The Morgan fingerprint density at radius 2 is 2.21 bits per heavy atom. The number of hydrogen-bond donors (Lipinski definition) is 0.